The minimum absolute atomic E-state index is 0.281. The second-order valence-electron chi connectivity index (χ2n) is 7.81. The SMILES string of the molecule is COc1cc(OC)cc(C(NC(=O)c2csc(-c3ccc(C)cc3C)n2)c2nccn2C)c1. The van der Waals surface area contributed by atoms with Gasteiger partial charge in [-0.2, -0.15) is 0 Å². The number of nitrogens with one attached hydrogen (secondary N) is 1. The summed E-state index contributed by atoms with van der Waals surface area (Å²) in [5.74, 6) is 1.66. The molecule has 2 heterocycles. The van der Waals surface area contributed by atoms with E-state index in [1.165, 1.54) is 16.9 Å². The van der Waals surface area contributed by atoms with E-state index in [0.29, 0.717) is 23.0 Å². The summed E-state index contributed by atoms with van der Waals surface area (Å²) in [7, 11) is 5.08. The van der Waals surface area contributed by atoms with Crippen molar-refractivity contribution >= 4 is 17.2 Å². The molecule has 0 fully saturated rings. The lowest BCUT2D eigenvalue weighted by Gasteiger charge is -2.20. The van der Waals surface area contributed by atoms with Gasteiger partial charge in [0.15, 0.2) is 0 Å². The Morgan fingerprint density at radius 2 is 1.82 bits per heavy atom. The third-order valence-corrected chi connectivity index (χ3v) is 6.32. The molecular weight excluding hydrogens is 436 g/mol. The van der Waals surface area contributed by atoms with Crippen LogP contribution in [0.5, 0.6) is 11.5 Å². The highest BCUT2D eigenvalue weighted by atomic mass is 32.1. The number of hydrogen-bond acceptors (Lipinski definition) is 6. The zero-order chi connectivity index (χ0) is 23.5. The first-order valence-corrected chi connectivity index (χ1v) is 11.3. The summed E-state index contributed by atoms with van der Waals surface area (Å²) in [6.07, 6.45) is 3.54. The molecule has 0 saturated heterocycles. The van der Waals surface area contributed by atoms with Crippen molar-refractivity contribution in [2.45, 2.75) is 19.9 Å². The molecule has 8 heteroatoms. The highest BCUT2D eigenvalue weighted by molar-refractivity contribution is 7.13. The number of ether oxygens (including phenoxy) is 2. The van der Waals surface area contributed by atoms with Gasteiger partial charge < -0.3 is 19.4 Å². The van der Waals surface area contributed by atoms with Gasteiger partial charge in [-0.25, -0.2) is 9.97 Å². The van der Waals surface area contributed by atoms with E-state index in [9.17, 15) is 4.79 Å². The molecule has 0 saturated carbocycles. The molecule has 4 aromatic rings. The largest absolute Gasteiger partial charge is 0.497 e. The maximum Gasteiger partial charge on any atom is 0.271 e. The number of methoxy groups -OCH3 is 2. The molecule has 4 rings (SSSR count). The minimum Gasteiger partial charge on any atom is -0.497 e. The fourth-order valence-electron chi connectivity index (χ4n) is 3.71. The zero-order valence-corrected chi connectivity index (χ0v) is 20.1. The number of aromatic nitrogens is 3. The molecule has 7 nitrogen and oxygen atoms in total. The van der Waals surface area contributed by atoms with Gasteiger partial charge in [0.1, 0.15) is 34.1 Å². The summed E-state index contributed by atoms with van der Waals surface area (Å²) in [5.41, 5.74) is 4.51. The molecule has 1 N–H and O–H groups in total. The molecule has 1 amide bonds. The summed E-state index contributed by atoms with van der Waals surface area (Å²) >= 11 is 1.45. The van der Waals surface area contributed by atoms with Gasteiger partial charge in [0, 0.05) is 36.5 Å². The van der Waals surface area contributed by atoms with E-state index >= 15 is 0 Å². The van der Waals surface area contributed by atoms with Gasteiger partial charge in [-0.05, 0) is 37.1 Å². The standard InChI is InChI=1S/C25H26N4O3S/c1-15-6-7-20(16(2)10-15)25-27-21(14-33-25)24(30)28-22(23-26-8-9-29(23)3)17-11-18(31-4)13-19(12-17)32-5/h6-14,22H,1-5H3,(H,28,30). The van der Waals surface area contributed by atoms with E-state index in [0.717, 1.165) is 21.7 Å². The predicted molar refractivity (Wildman–Crippen MR) is 129 cm³/mol. The number of imidazole rings is 1. The van der Waals surface area contributed by atoms with E-state index in [1.807, 2.05) is 36.0 Å². The molecule has 0 aliphatic heterocycles. The van der Waals surface area contributed by atoms with Crippen molar-refractivity contribution < 1.29 is 14.3 Å². The number of carbonyl (C=O) groups is 1. The van der Waals surface area contributed by atoms with Crippen LogP contribution in [0.4, 0.5) is 0 Å². The molecular formula is C25H26N4O3S. The fraction of sp³-hybridized carbons (Fsp3) is 0.240. The lowest BCUT2D eigenvalue weighted by Crippen LogP contribution is -2.31. The van der Waals surface area contributed by atoms with Gasteiger partial charge in [-0.15, -0.1) is 11.3 Å². The highest BCUT2D eigenvalue weighted by Gasteiger charge is 2.24. The number of aryl methyl sites for hydroxylation is 3. The molecule has 0 bridgehead atoms. The van der Waals surface area contributed by atoms with Crippen molar-refractivity contribution in [3.05, 3.63) is 82.4 Å². The van der Waals surface area contributed by atoms with E-state index < -0.39 is 6.04 Å². The number of amides is 1. The van der Waals surface area contributed by atoms with Crippen molar-refractivity contribution in [1.29, 1.82) is 0 Å². The summed E-state index contributed by atoms with van der Waals surface area (Å²) in [5, 5.41) is 5.69. The Labute approximate surface area is 197 Å². The second kappa shape index (κ2) is 9.46. The molecule has 1 atom stereocenters. The van der Waals surface area contributed by atoms with Crippen molar-refractivity contribution in [3.63, 3.8) is 0 Å². The number of benzene rings is 2. The number of rotatable bonds is 7. The van der Waals surface area contributed by atoms with Crippen LogP contribution in [-0.4, -0.2) is 34.7 Å². The van der Waals surface area contributed by atoms with Gasteiger partial charge in [0.2, 0.25) is 0 Å². The van der Waals surface area contributed by atoms with E-state index in [2.05, 4.69) is 41.3 Å². The van der Waals surface area contributed by atoms with Gasteiger partial charge >= 0.3 is 0 Å². The topological polar surface area (TPSA) is 78.3 Å². The second-order valence-corrected chi connectivity index (χ2v) is 8.66. The Hall–Kier alpha value is -3.65. The molecule has 2 aromatic heterocycles. The van der Waals surface area contributed by atoms with Crippen molar-refractivity contribution in [2.75, 3.05) is 14.2 Å². The third-order valence-electron chi connectivity index (χ3n) is 5.45. The van der Waals surface area contributed by atoms with Crippen molar-refractivity contribution in [2.24, 2.45) is 7.05 Å². The van der Waals surface area contributed by atoms with Crippen molar-refractivity contribution in [3.8, 4) is 22.1 Å². The minimum atomic E-state index is -0.521. The first-order chi connectivity index (χ1) is 15.9. The highest BCUT2D eigenvalue weighted by Crippen LogP contribution is 2.31. The number of carbonyl (C=O) groups excluding carboxylic acids is 1. The average Bonchev–Trinajstić information content (AvgIpc) is 3.46. The molecule has 0 spiro atoms. The van der Waals surface area contributed by atoms with Crippen LogP contribution in [0.2, 0.25) is 0 Å². The van der Waals surface area contributed by atoms with Crippen LogP contribution >= 0.6 is 11.3 Å². The quantitative estimate of drug-likeness (QED) is 0.431. The van der Waals surface area contributed by atoms with Crippen LogP contribution in [0.25, 0.3) is 10.6 Å². The first kappa shape index (κ1) is 22.5. The van der Waals surface area contributed by atoms with Crippen LogP contribution in [0, 0.1) is 13.8 Å². The van der Waals surface area contributed by atoms with E-state index in [4.69, 9.17) is 9.47 Å². The van der Waals surface area contributed by atoms with Crippen LogP contribution in [0.1, 0.15) is 39.0 Å². The molecule has 170 valence electrons. The fourth-order valence-corrected chi connectivity index (χ4v) is 4.60. The molecule has 0 aliphatic rings. The molecule has 0 radical (unpaired) electrons. The monoisotopic (exact) mass is 462 g/mol. The Bertz CT molecular complexity index is 1270. The molecule has 2 aromatic carbocycles. The summed E-state index contributed by atoms with van der Waals surface area (Å²) in [4.78, 5) is 22.4. The summed E-state index contributed by atoms with van der Waals surface area (Å²) in [6, 6.07) is 11.2. The summed E-state index contributed by atoms with van der Waals surface area (Å²) < 4.78 is 12.7. The Morgan fingerprint density at radius 1 is 1.09 bits per heavy atom. The number of nitrogens with zero attached hydrogens (tertiary/aromatic N) is 3. The maximum atomic E-state index is 13.3. The van der Waals surface area contributed by atoms with Crippen molar-refractivity contribution in [1.82, 2.24) is 19.9 Å². The van der Waals surface area contributed by atoms with Gasteiger partial charge in [0.05, 0.1) is 14.2 Å². The first-order valence-electron chi connectivity index (χ1n) is 10.4. The Kier molecular flexibility index (Phi) is 6.46. The normalized spacial score (nSPS) is 11.8. The zero-order valence-electron chi connectivity index (χ0n) is 19.2. The van der Waals surface area contributed by atoms with Crippen LogP contribution in [0.3, 0.4) is 0 Å². The Balaban J connectivity index is 1.67. The third kappa shape index (κ3) is 4.75. The van der Waals surface area contributed by atoms with Gasteiger partial charge in [0.25, 0.3) is 5.91 Å². The van der Waals surface area contributed by atoms with Gasteiger partial charge in [-0.1, -0.05) is 23.8 Å². The van der Waals surface area contributed by atoms with Crippen LogP contribution in [0.15, 0.2) is 54.2 Å². The van der Waals surface area contributed by atoms with E-state index in [1.54, 1.807) is 31.9 Å². The smallest absolute Gasteiger partial charge is 0.271 e. The van der Waals surface area contributed by atoms with Crippen LogP contribution in [-0.2, 0) is 7.05 Å². The molecule has 0 aliphatic carbocycles. The van der Waals surface area contributed by atoms with E-state index in [-0.39, 0.29) is 5.91 Å². The maximum absolute atomic E-state index is 13.3. The predicted octanol–water partition coefficient (Wildman–Crippen LogP) is 4.70. The molecule has 33 heavy (non-hydrogen) atoms. The Morgan fingerprint density at radius 3 is 2.42 bits per heavy atom. The lowest BCUT2D eigenvalue weighted by molar-refractivity contribution is 0.0936. The van der Waals surface area contributed by atoms with Crippen LogP contribution < -0.4 is 14.8 Å². The van der Waals surface area contributed by atoms with Gasteiger partial charge in [-0.3, -0.25) is 4.79 Å². The summed E-state index contributed by atoms with van der Waals surface area (Å²) in [6.45, 7) is 4.11. The lowest BCUT2D eigenvalue weighted by atomic mass is 10.0. The molecule has 1 unspecified atom stereocenters. The average molecular weight is 463 g/mol. The number of hydrogen-bond donors (Lipinski definition) is 1. The number of thiazole rings is 1.